The molecule has 1 atom stereocenters. The molecule has 0 bridgehead atoms. The van der Waals surface area contributed by atoms with Gasteiger partial charge >= 0.3 is 0 Å². The van der Waals surface area contributed by atoms with Gasteiger partial charge in [0.1, 0.15) is 13.2 Å². The fourth-order valence-corrected chi connectivity index (χ4v) is 1.55. The smallest absolute Gasteiger partial charge is 0.180 e. The molecule has 1 aromatic rings. The first-order chi connectivity index (χ1) is 7.18. The van der Waals surface area contributed by atoms with Gasteiger partial charge in [-0.1, -0.05) is 0 Å². The van der Waals surface area contributed by atoms with Gasteiger partial charge in [0, 0.05) is 5.56 Å². The summed E-state index contributed by atoms with van der Waals surface area (Å²) in [6.07, 6.45) is 0. The number of carbonyl (C=O) groups excluding carboxylic acids is 1. The van der Waals surface area contributed by atoms with Crippen LogP contribution >= 0.6 is 11.6 Å². The number of carbonyl (C=O) groups is 1. The van der Waals surface area contributed by atoms with Crippen LogP contribution in [0, 0.1) is 0 Å². The van der Waals surface area contributed by atoms with E-state index >= 15 is 0 Å². The van der Waals surface area contributed by atoms with Gasteiger partial charge in [0.2, 0.25) is 0 Å². The quantitative estimate of drug-likeness (QED) is 0.573. The number of benzene rings is 1. The molecule has 1 aromatic carbocycles. The van der Waals surface area contributed by atoms with E-state index in [1.165, 1.54) is 0 Å². The molecule has 1 unspecified atom stereocenters. The standard InChI is InChI=1S/C11H11ClO3/c1-7(12)11(13)8-2-3-9-10(6-8)15-5-4-14-9/h2-3,6-7H,4-5H2,1H3. The second kappa shape index (κ2) is 4.11. The lowest BCUT2D eigenvalue weighted by molar-refractivity contribution is 0.0990. The van der Waals surface area contributed by atoms with E-state index in [-0.39, 0.29) is 5.78 Å². The molecule has 15 heavy (non-hydrogen) atoms. The Bertz CT molecular complexity index is 387. The topological polar surface area (TPSA) is 35.5 Å². The molecule has 1 heterocycles. The highest BCUT2D eigenvalue weighted by Gasteiger charge is 2.17. The molecular weight excluding hydrogens is 216 g/mol. The van der Waals surface area contributed by atoms with Gasteiger partial charge in [0.05, 0.1) is 5.38 Å². The Morgan fingerprint density at radius 1 is 1.33 bits per heavy atom. The summed E-state index contributed by atoms with van der Waals surface area (Å²) in [7, 11) is 0. The van der Waals surface area contributed by atoms with Crippen LogP contribution < -0.4 is 9.47 Å². The van der Waals surface area contributed by atoms with Crippen LogP contribution in [0.25, 0.3) is 0 Å². The zero-order valence-electron chi connectivity index (χ0n) is 8.33. The largest absolute Gasteiger partial charge is 0.486 e. The van der Waals surface area contributed by atoms with Crippen LogP contribution in [0.15, 0.2) is 18.2 Å². The van der Waals surface area contributed by atoms with E-state index in [2.05, 4.69) is 0 Å². The van der Waals surface area contributed by atoms with Crippen molar-refractivity contribution in [3.63, 3.8) is 0 Å². The minimum Gasteiger partial charge on any atom is -0.486 e. The first kappa shape index (κ1) is 10.3. The molecule has 4 heteroatoms. The number of hydrogen-bond acceptors (Lipinski definition) is 3. The molecule has 3 nitrogen and oxygen atoms in total. The predicted octanol–water partition coefficient (Wildman–Crippen LogP) is 2.27. The average molecular weight is 227 g/mol. The summed E-state index contributed by atoms with van der Waals surface area (Å²) in [5.41, 5.74) is 0.557. The Hall–Kier alpha value is -1.22. The van der Waals surface area contributed by atoms with Crippen molar-refractivity contribution in [2.75, 3.05) is 13.2 Å². The molecule has 0 N–H and O–H groups in total. The number of ketones is 1. The first-order valence-corrected chi connectivity index (χ1v) is 5.20. The van der Waals surface area contributed by atoms with E-state index in [4.69, 9.17) is 21.1 Å². The Morgan fingerprint density at radius 2 is 2.00 bits per heavy atom. The van der Waals surface area contributed by atoms with E-state index in [9.17, 15) is 4.79 Å². The number of hydrogen-bond donors (Lipinski definition) is 0. The van der Waals surface area contributed by atoms with Crippen molar-refractivity contribution >= 4 is 17.4 Å². The van der Waals surface area contributed by atoms with Crippen molar-refractivity contribution in [3.8, 4) is 11.5 Å². The third-order valence-corrected chi connectivity index (χ3v) is 2.39. The molecule has 1 aliphatic rings. The zero-order valence-corrected chi connectivity index (χ0v) is 9.08. The number of rotatable bonds is 2. The molecule has 0 spiro atoms. The summed E-state index contributed by atoms with van der Waals surface area (Å²) in [5.74, 6) is 1.19. The number of Topliss-reactive ketones (excluding diaryl/α,β-unsaturated/α-hetero) is 1. The maximum atomic E-state index is 11.6. The Labute approximate surface area is 92.9 Å². The summed E-state index contributed by atoms with van der Waals surface area (Å²) in [6.45, 7) is 2.72. The molecule has 0 aliphatic carbocycles. The SMILES string of the molecule is CC(Cl)C(=O)c1ccc2c(c1)OCCO2. The highest BCUT2D eigenvalue weighted by atomic mass is 35.5. The fourth-order valence-electron chi connectivity index (χ4n) is 1.43. The molecule has 0 saturated carbocycles. The van der Waals surface area contributed by atoms with Crippen LogP contribution in [0.4, 0.5) is 0 Å². The molecule has 0 radical (unpaired) electrons. The van der Waals surface area contributed by atoms with Crippen molar-refractivity contribution in [2.24, 2.45) is 0 Å². The lowest BCUT2D eigenvalue weighted by atomic mass is 10.1. The van der Waals surface area contributed by atoms with Gasteiger partial charge in [-0.3, -0.25) is 4.79 Å². The lowest BCUT2D eigenvalue weighted by Crippen LogP contribution is -2.16. The van der Waals surface area contributed by atoms with Crippen LogP contribution in [-0.4, -0.2) is 24.4 Å². The van der Waals surface area contributed by atoms with Gasteiger partial charge in [-0.15, -0.1) is 11.6 Å². The van der Waals surface area contributed by atoms with Gasteiger partial charge in [-0.2, -0.15) is 0 Å². The first-order valence-electron chi connectivity index (χ1n) is 4.76. The van der Waals surface area contributed by atoms with E-state index < -0.39 is 5.38 Å². The highest BCUT2D eigenvalue weighted by molar-refractivity contribution is 6.33. The Morgan fingerprint density at radius 3 is 2.67 bits per heavy atom. The Balaban J connectivity index is 2.32. The van der Waals surface area contributed by atoms with Crippen LogP contribution in [0.5, 0.6) is 11.5 Å². The third-order valence-electron chi connectivity index (χ3n) is 2.19. The van der Waals surface area contributed by atoms with Crippen LogP contribution in [-0.2, 0) is 0 Å². The second-order valence-corrected chi connectivity index (χ2v) is 3.99. The molecule has 1 aliphatic heterocycles. The van der Waals surface area contributed by atoms with Crippen molar-refractivity contribution in [1.82, 2.24) is 0 Å². The van der Waals surface area contributed by atoms with Crippen LogP contribution in [0.1, 0.15) is 17.3 Å². The lowest BCUT2D eigenvalue weighted by Gasteiger charge is -2.18. The van der Waals surface area contributed by atoms with Crippen LogP contribution in [0.2, 0.25) is 0 Å². The van der Waals surface area contributed by atoms with Crippen molar-refractivity contribution < 1.29 is 14.3 Å². The van der Waals surface area contributed by atoms with E-state index in [0.29, 0.717) is 30.3 Å². The number of ether oxygens (including phenoxy) is 2. The van der Waals surface area contributed by atoms with Crippen LogP contribution in [0.3, 0.4) is 0 Å². The fraction of sp³-hybridized carbons (Fsp3) is 0.364. The summed E-state index contributed by atoms with van der Waals surface area (Å²) in [4.78, 5) is 11.6. The van der Waals surface area contributed by atoms with Gasteiger partial charge < -0.3 is 9.47 Å². The van der Waals surface area contributed by atoms with E-state index in [0.717, 1.165) is 0 Å². The summed E-state index contributed by atoms with van der Waals surface area (Å²) in [6, 6.07) is 5.12. The number of alkyl halides is 1. The Kier molecular flexibility index (Phi) is 2.82. The maximum absolute atomic E-state index is 11.6. The van der Waals surface area contributed by atoms with Crippen molar-refractivity contribution in [1.29, 1.82) is 0 Å². The molecular formula is C11H11ClO3. The monoisotopic (exact) mass is 226 g/mol. The molecule has 0 aromatic heterocycles. The minimum atomic E-state index is -0.521. The van der Waals surface area contributed by atoms with Gasteiger partial charge in [0.25, 0.3) is 0 Å². The average Bonchev–Trinajstić information content (AvgIpc) is 2.27. The summed E-state index contributed by atoms with van der Waals surface area (Å²) in [5, 5.41) is -0.521. The minimum absolute atomic E-state index is 0.103. The third kappa shape index (κ3) is 2.07. The molecule has 80 valence electrons. The molecule has 2 rings (SSSR count). The number of fused-ring (bicyclic) bond motifs is 1. The maximum Gasteiger partial charge on any atom is 0.180 e. The normalized spacial score (nSPS) is 15.9. The van der Waals surface area contributed by atoms with Crippen molar-refractivity contribution in [2.45, 2.75) is 12.3 Å². The van der Waals surface area contributed by atoms with Crippen molar-refractivity contribution in [3.05, 3.63) is 23.8 Å². The predicted molar refractivity (Wildman–Crippen MR) is 57.1 cm³/mol. The molecule has 0 saturated heterocycles. The number of halogens is 1. The molecule has 0 amide bonds. The van der Waals surface area contributed by atoms with Gasteiger partial charge in [-0.25, -0.2) is 0 Å². The zero-order chi connectivity index (χ0) is 10.8. The summed E-state index contributed by atoms with van der Waals surface area (Å²) < 4.78 is 10.7. The molecule has 0 fully saturated rings. The highest BCUT2D eigenvalue weighted by Crippen LogP contribution is 2.31. The summed E-state index contributed by atoms with van der Waals surface area (Å²) >= 11 is 5.72. The van der Waals surface area contributed by atoms with E-state index in [1.54, 1.807) is 25.1 Å². The van der Waals surface area contributed by atoms with E-state index in [1.807, 2.05) is 0 Å². The van der Waals surface area contributed by atoms with Gasteiger partial charge in [0.15, 0.2) is 17.3 Å². The van der Waals surface area contributed by atoms with Gasteiger partial charge in [-0.05, 0) is 25.1 Å². The second-order valence-electron chi connectivity index (χ2n) is 3.34.